The van der Waals surface area contributed by atoms with E-state index in [4.69, 9.17) is 5.73 Å². The van der Waals surface area contributed by atoms with E-state index in [9.17, 15) is 13.2 Å². The summed E-state index contributed by atoms with van der Waals surface area (Å²) in [6.45, 7) is 4.50. The van der Waals surface area contributed by atoms with E-state index in [0.29, 0.717) is 18.7 Å². The van der Waals surface area contributed by atoms with Crippen LogP contribution in [0.1, 0.15) is 52.0 Å². The zero-order chi connectivity index (χ0) is 27.6. The molecule has 39 heavy (non-hydrogen) atoms. The molecule has 206 valence electrons. The molecule has 5 rings (SSSR count). The van der Waals surface area contributed by atoms with E-state index in [1.807, 2.05) is 24.7 Å². The van der Waals surface area contributed by atoms with Gasteiger partial charge in [-0.25, -0.2) is 12.7 Å². The number of rotatable bonds is 10. The van der Waals surface area contributed by atoms with Gasteiger partial charge in [0.2, 0.25) is 10.0 Å². The molecule has 0 aliphatic carbocycles. The van der Waals surface area contributed by atoms with Crippen LogP contribution < -0.4 is 5.73 Å². The van der Waals surface area contributed by atoms with Crippen LogP contribution in [0.3, 0.4) is 0 Å². The predicted molar refractivity (Wildman–Crippen MR) is 157 cm³/mol. The highest BCUT2D eigenvalue weighted by Crippen LogP contribution is 2.38. The van der Waals surface area contributed by atoms with Crippen LogP contribution in [0.15, 0.2) is 54.3 Å². The topological polar surface area (TPSA) is 112 Å². The summed E-state index contributed by atoms with van der Waals surface area (Å²) in [4.78, 5) is 23.4. The van der Waals surface area contributed by atoms with E-state index >= 15 is 0 Å². The molecule has 0 bridgehead atoms. The third kappa shape index (κ3) is 6.09. The van der Waals surface area contributed by atoms with Crippen molar-refractivity contribution in [2.45, 2.75) is 38.6 Å². The number of nitrogens with two attached hydrogens (primary N) is 1. The number of sulfonamides is 1. The van der Waals surface area contributed by atoms with Gasteiger partial charge in [-0.2, -0.15) is 0 Å². The van der Waals surface area contributed by atoms with Crippen LogP contribution in [0.5, 0.6) is 0 Å². The van der Waals surface area contributed by atoms with Gasteiger partial charge in [0.15, 0.2) is 0 Å². The van der Waals surface area contributed by atoms with Crippen molar-refractivity contribution in [2.75, 3.05) is 32.4 Å². The number of pyridine rings is 1. The van der Waals surface area contributed by atoms with Gasteiger partial charge in [0.1, 0.15) is 0 Å². The molecule has 1 amide bonds. The molecule has 0 atom stereocenters. The SMILES string of the molecule is CCS(=O)(=O)N1CCC(c2c[nH]c3c(C(N)=O)cc(-c4csc(CN(C)CCc5ccncc5)c4)cc23)CC1. The lowest BCUT2D eigenvalue weighted by Crippen LogP contribution is -2.38. The summed E-state index contributed by atoms with van der Waals surface area (Å²) in [5.74, 6) is -0.130. The number of nitrogens with zero attached hydrogens (tertiary/aromatic N) is 3. The number of fused-ring (bicyclic) bond motifs is 1. The fourth-order valence-corrected chi connectivity index (χ4v) is 7.51. The highest BCUT2D eigenvalue weighted by atomic mass is 32.2. The summed E-state index contributed by atoms with van der Waals surface area (Å²) in [6, 6.07) is 10.3. The second-order valence-corrected chi connectivity index (χ2v) is 13.5. The van der Waals surface area contributed by atoms with Crippen LogP contribution in [-0.4, -0.2) is 65.9 Å². The minimum absolute atomic E-state index is 0.124. The van der Waals surface area contributed by atoms with Gasteiger partial charge in [-0.05, 0) is 97.1 Å². The normalized spacial score (nSPS) is 15.4. The molecule has 4 aromatic rings. The van der Waals surface area contributed by atoms with Gasteiger partial charge in [0, 0.05) is 55.0 Å². The summed E-state index contributed by atoms with van der Waals surface area (Å²) >= 11 is 1.71. The Bertz CT molecular complexity index is 1550. The number of amides is 1. The Hall–Kier alpha value is -3.05. The number of hydrogen-bond acceptors (Lipinski definition) is 6. The predicted octanol–water partition coefficient (Wildman–Crippen LogP) is 4.59. The average molecular weight is 566 g/mol. The average Bonchev–Trinajstić information content (AvgIpc) is 3.59. The van der Waals surface area contributed by atoms with E-state index in [0.717, 1.165) is 59.9 Å². The number of carbonyl (C=O) groups is 1. The Morgan fingerprint density at radius 1 is 1.18 bits per heavy atom. The minimum Gasteiger partial charge on any atom is -0.366 e. The van der Waals surface area contributed by atoms with Crippen molar-refractivity contribution >= 4 is 38.2 Å². The minimum atomic E-state index is -3.18. The lowest BCUT2D eigenvalue weighted by molar-refractivity contribution is 0.100. The number of H-pyrrole nitrogens is 1. The molecule has 8 nitrogen and oxygen atoms in total. The van der Waals surface area contributed by atoms with Gasteiger partial charge in [-0.1, -0.05) is 0 Å². The molecule has 1 aromatic carbocycles. The molecular weight excluding hydrogens is 530 g/mol. The summed E-state index contributed by atoms with van der Waals surface area (Å²) < 4.78 is 26.2. The van der Waals surface area contributed by atoms with Crippen molar-refractivity contribution in [3.63, 3.8) is 0 Å². The number of thiophene rings is 1. The molecule has 1 saturated heterocycles. The highest BCUT2D eigenvalue weighted by Gasteiger charge is 2.29. The number of benzene rings is 1. The molecule has 0 unspecified atom stereocenters. The van der Waals surface area contributed by atoms with Crippen molar-refractivity contribution in [1.29, 1.82) is 0 Å². The van der Waals surface area contributed by atoms with E-state index in [2.05, 4.69) is 51.6 Å². The maximum Gasteiger partial charge on any atom is 0.250 e. The number of aromatic amines is 1. The van der Waals surface area contributed by atoms with Gasteiger partial charge < -0.3 is 15.6 Å². The van der Waals surface area contributed by atoms with Crippen molar-refractivity contribution in [3.8, 4) is 11.1 Å². The zero-order valence-electron chi connectivity index (χ0n) is 22.4. The number of hydrogen-bond donors (Lipinski definition) is 2. The highest BCUT2D eigenvalue weighted by molar-refractivity contribution is 7.89. The summed E-state index contributed by atoms with van der Waals surface area (Å²) in [6.07, 6.45) is 8.08. The summed E-state index contributed by atoms with van der Waals surface area (Å²) in [5.41, 5.74) is 11.5. The van der Waals surface area contributed by atoms with Crippen LogP contribution in [-0.2, 0) is 23.0 Å². The van der Waals surface area contributed by atoms with Crippen molar-refractivity contribution in [3.05, 3.63) is 75.9 Å². The van der Waals surface area contributed by atoms with Crippen LogP contribution >= 0.6 is 11.3 Å². The number of likely N-dealkylation sites (N-methyl/N-ethyl adjacent to an activating group) is 1. The zero-order valence-corrected chi connectivity index (χ0v) is 24.0. The summed E-state index contributed by atoms with van der Waals surface area (Å²) in [7, 11) is -1.06. The fraction of sp³-hybridized carbons (Fsp3) is 0.379. The van der Waals surface area contributed by atoms with Crippen molar-refractivity contribution in [1.82, 2.24) is 19.2 Å². The molecule has 3 aromatic heterocycles. The Kier molecular flexibility index (Phi) is 8.18. The lowest BCUT2D eigenvalue weighted by atomic mass is 9.88. The van der Waals surface area contributed by atoms with E-state index in [1.54, 1.807) is 22.6 Å². The molecule has 1 aliphatic rings. The first-order chi connectivity index (χ1) is 18.7. The summed E-state index contributed by atoms with van der Waals surface area (Å²) in [5, 5.41) is 3.12. The number of aromatic nitrogens is 2. The first-order valence-corrected chi connectivity index (χ1v) is 15.8. The molecule has 4 heterocycles. The van der Waals surface area contributed by atoms with Crippen LogP contribution in [0.25, 0.3) is 22.0 Å². The quantitative estimate of drug-likeness (QED) is 0.292. The smallest absolute Gasteiger partial charge is 0.250 e. The Morgan fingerprint density at radius 2 is 1.92 bits per heavy atom. The van der Waals surface area contributed by atoms with Crippen molar-refractivity contribution < 1.29 is 13.2 Å². The molecule has 1 aliphatic heterocycles. The van der Waals surface area contributed by atoms with Gasteiger partial charge >= 0.3 is 0 Å². The van der Waals surface area contributed by atoms with E-state index < -0.39 is 15.9 Å². The van der Waals surface area contributed by atoms with Crippen LogP contribution in [0.4, 0.5) is 0 Å². The Labute approximate surface area is 233 Å². The first kappa shape index (κ1) is 27.5. The lowest BCUT2D eigenvalue weighted by Gasteiger charge is -2.31. The number of nitrogens with one attached hydrogen (secondary N) is 1. The van der Waals surface area contributed by atoms with Crippen LogP contribution in [0.2, 0.25) is 0 Å². The first-order valence-electron chi connectivity index (χ1n) is 13.3. The molecule has 0 radical (unpaired) electrons. The molecule has 10 heteroatoms. The number of primary amides is 1. The number of piperidine rings is 1. The van der Waals surface area contributed by atoms with E-state index in [1.165, 1.54) is 10.4 Å². The monoisotopic (exact) mass is 565 g/mol. The molecule has 1 fully saturated rings. The maximum absolute atomic E-state index is 12.4. The molecule has 0 spiro atoms. The van der Waals surface area contributed by atoms with Crippen LogP contribution in [0, 0.1) is 0 Å². The third-order valence-electron chi connectivity index (χ3n) is 7.68. The Morgan fingerprint density at radius 3 is 2.62 bits per heavy atom. The largest absolute Gasteiger partial charge is 0.366 e. The Balaban J connectivity index is 1.36. The standard InChI is InChI=1S/C29H35N5O3S2/c1-3-39(36,37)34-12-7-21(8-13-34)27-17-32-28-25(27)15-22(16-26(28)29(30)35)23-14-24(38-19-23)18-33(2)11-6-20-4-9-31-10-5-20/h4-5,9-10,14-17,19,21,32H,3,6-8,11-13,18H2,1-2H3,(H2,30,35). The molecule has 0 saturated carbocycles. The molecule has 3 N–H and O–H groups in total. The third-order valence-corrected chi connectivity index (χ3v) is 10.5. The van der Waals surface area contributed by atoms with Crippen molar-refractivity contribution in [2.24, 2.45) is 5.73 Å². The second-order valence-electron chi connectivity index (χ2n) is 10.3. The van der Waals surface area contributed by atoms with Gasteiger partial charge in [-0.3, -0.25) is 9.78 Å². The van der Waals surface area contributed by atoms with Gasteiger partial charge in [-0.15, -0.1) is 11.3 Å². The maximum atomic E-state index is 12.4. The second kappa shape index (κ2) is 11.6. The van der Waals surface area contributed by atoms with E-state index in [-0.39, 0.29) is 11.7 Å². The molecular formula is C29H35N5O3S2. The fourth-order valence-electron chi connectivity index (χ4n) is 5.41. The number of carbonyl (C=O) groups excluding carboxylic acids is 1. The van der Waals surface area contributed by atoms with Gasteiger partial charge in [0.25, 0.3) is 5.91 Å². The van der Waals surface area contributed by atoms with Gasteiger partial charge in [0.05, 0.1) is 16.8 Å².